The molecule has 2 N–H and O–H groups in total. The van der Waals surface area contributed by atoms with E-state index in [0.717, 1.165) is 29.5 Å². The number of halogens is 1. The Hall–Kier alpha value is -0.990. The summed E-state index contributed by atoms with van der Waals surface area (Å²) in [5.41, 5.74) is 2.46. The fraction of sp³-hybridized carbons (Fsp3) is 0.500. The third kappa shape index (κ3) is 3.13. The van der Waals surface area contributed by atoms with E-state index in [9.17, 15) is 0 Å². The topological polar surface area (TPSA) is 27.8 Å². The number of rotatable bonds is 4. The molecule has 19 heavy (non-hydrogen) atoms. The largest absolute Gasteiger partial charge is 0.361 e. The highest BCUT2D eigenvalue weighted by Crippen LogP contribution is 2.24. The predicted molar refractivity (Wildman–Crippen MR) is 81.6 cm³/mol. The molecule has 1 aromatic heterocycles. The first kappa shape index (κ1) is 13.0. The Morgan fingerprint density at radius 2 is 2.05 bits per heavy atom. The molecule has 2 aromatic rings. The van der Waals surface area contributed by atoms with Gasteiger partial charge in [-0.2, -0.15) is 0 Å². The van der Waals surface area contributed by atoms with Crippen LogP contribution in [0.5, 0.6) is 0 Å². The number of hydrogen-bond donors (Lipinski definition) is 2. The van der Waals surface area contributed by atoms with Crippen molar-refractivity contribution in [3.8, 4) is 0 Å². The molecular formula is C16H21ClN2. The molecule has 3 rings (SSSR count). The third-order valence-electron chi connectivity index (χ3n) is 4.20. The molecule has 102 valence electrons. The highest BCUT2D eigenvalue weighted by Gasteiger charge is 2.13. The lowest BCUT2D eigenvalue weighted by Gasteiger charge is -2.21. The molecule has 0 spiro atoms. The van der Waals surface area contributed by atoms with Crippen LogP contribution in [-0.4, -0.2) is 11.5 Å². The number of aromatic nitrogens is 1. The number of hydrogen-bond acceptors (Lipinski definition) is 1. The van der Waals surface area contributed by atoms with E-state index in [1.807, 2.05) is 12.1 Å². The second kappa shape index (κ2) is 5.98. The van der Waals surface area contributed by atoms with Crippen LogP contribution in [-0.2, 0) is 6.54 Å². The van der Waals surface area contributed by atoms with Crippen LogP contribution in [0, 0.1) is 5.92 Å². The molecule has 0 bridgehead atoms. The van der Waals surface area contributed by atoms with Crippen molar-refractivity contribution in [3.63, 3.8) is 0 Å². The second-order valence-corrected chi connectivity index (χ2v) is 6.08. The first-order valence-corrected chi connectivity index (χ1v) is 7.67. The Balaban J connectivity index is 1.59. The van der Waals surface area contributed by atoms with E-state index in [1.165, 1.54) is 43.1 Å². The van der Waals surface area contributed by atoms with Gasteiger partial charge in [0, 0.05) is 28.7 Å². The summed E-state index contributed by atoms with van der Waals surface area (Å²) >= 11 is 6.00. The van der Waals surface area contributed by atoms with Gasteiger partial charge in [0.05, 0.1) is 0 Å². The quantitative estimate of drug-likeness (QED) is 0.846. The molecule has 1 aliphatic carbocycles. The molecule has 1 heterocycles. The fourth-order valence-corrected chi connectivity index (χ4v) is 3.28. The lowest BCUT2D eigenvalue weighted by atomic mass is 9.89. The number of nitrogens with one attached hydrogen (secondary N) is 2. The van der Waals surface area contributed by atoms with Gasteiger partial charge in [0.2, 0.25) is 0 Å². The SMILES string of the molecule is Clc1ccc2c(CNCC3CCCCC3)c[nH]c2c1. The van der Waals surface area contributed by atoms with Gasteiger partial charge in [-0.3, -0.25) is 0 Å². The van der Waals surface area contributed by atoms with Gasteiger partial charge in [-0.05, 0) is 43.0 Å². The lowest BCUT2D eigenvalue weighted by Crippen LogP contribution is -2.24. The molecule has 0 amide bonds. The highest BCUT2D eigenvalue weighted by atomic mass is 35.5. The van der Waals surface area contributed by atoms with E-state index in [0.29, 0.717) is 0 Å². The predicted octanol–water partition coefficient (Wildman–Crippen LogP) is 4.49. The molecule has 1 saturated carbocycles. The van der Waals surface area contributed by atoms with Crippen LogP contribution in [0.15, 0.2) is 24.4 Å². The Bertz CT molecular complexity index is 541. The number of fused-ring (bicyclic) bond motifs is 1. The van der Waals surface area contributed by atoms with Crippen LogP contribution in [0.1, 0.15) is 37.7 Å². The van der Waals surface area contributed by atoms with Crippen LogP contribution in [0.4, 0.5) is 0 Å². The molecule has 0 unspecified atom stereocenters. The van der Waals surface area contributed by atoms with Crippen molar-refractivity contribution in [1.29, 1.82) is 0 Å². The summed E-state index contributed by atoms with van der Waals surface area (Å²) in [4.78, 5) is 3.29. The van der Waals surface area contributed by atoms with E-state index >= 15 is 0 Å². The average Bonchev–Trinajstić information content (AvgIpc) is 2.82. The van der Waals surface area contributed by atoms with Crippen LogP contribution < -0.4 is 5.32 Å². The molecule has 3 heteroatoms. The Morgan fingerprint density at radius 3 is 2.89 bits per heavy atom. The summed E-state index contributed by atoms with van der Waals surface area (Å²) in [5, 5.41) is 5.68. The minimum Gasteiger partial charge on any atom is -0.361 e. The van der Waals surface area contributed by atoms with Gasteiger partial charge < -0.3 is 10.3 Å². The Morgan fingerprint density at radius 1 is 1.21 bits per heavy atom. The molecule has 2 nitrogen and oxygen atoms in total. The normalized spacial score (nSPS) is 17.1. The maximum Gasteiger partial charge on any atom is 0.0472 e. The molecule has 0 aliphatic heterocycles. The minimum absolute atomic E-state index is 0.788. The van der Waals surface area contributed by atoms with Gasteiger partial charge in [0.25, 0.3) is 0 Å². The third-order valence-corrected chi connectivity index (χ3v) is 4.44. The van der Waals surface area contributed by atoms with Gasteiger partial charge in [0.1, 0.15) is 0 Å². The number of benzene rings is 1. The molecule has 1 aliphatic rings. The van der Waals surface area contributed by atoms with Gasteiger partial charge in [0.15, 0.2) is 0 Å². The average molecular weight is 277 g/mol. The van der Waals surface area contributed by atoms with Crippen molar-refractivity contribution in [2.45, 2.75) is 38.6 Å². The molecule has 1 fully saturated rings. The summed E-state index contributed by atoms with van der Waals surface area (Å²) in [5.74, 6) is 0.883. The fourth-order valence-electron chi connectivity index (χ4n) is 3.11. The monoisotopic (exact) mass is 276 g/mol. The Labute approximate surface area is 119 Å². The smallest absolute Gasteiger partial charge is 0.0472 e. The van der Waals surface area contributed by atoms with Crippen molar-refractivity contribution in [1.82, 2.24) is 10.3 Å². The van der Waals surface area contributed by atoms with Crippen molar-refractivity contribution in [2.75, 3.05) is 6.54 Å². The van der Waals surface area contributed by atoms with Crippen LogP contribution in [0.2, 0.25) is 5.02 Å². The van der Waals surface area contributed by atoms with Gasteiger partial charge in [-0.15, -0.1) is 0 Å². The molecular weight excluding hydrogens is 256 g/mol. The van der Waals surface area contributed by atoms with Gasteiger partial charge in [-0.1, -0.05) is 36.9 Å². The van der Waals surface area contributed by atoms with Crippen molar-refractivity contribution in [3.05, 3.63) is 35.0 Å². The van der Waals surface area contributed by atoms with Crippen LogP contribution in [0.25, 0.3) is 10.9 Å². The molecule has 0 radical (unpaired) electrons. The van der Waals surface area contributed by atoms with E-state index < -0.39 is 0 Å². The van der Waals surface area contributed by atoms with Gasteiger partial charge in [-0.25, -0.2) is 0 Å². The summed E-state index contributed by atoms with van der Waals surface area (Å²) in [6, 6.07) is 6.05. The van der Waals surface area contributed by atoms with E-state index in [1.54, 1.807) is 0 Å². The van der Waals surface area contributed by atoms with Crippen LogP contribution >= 0.6 is 11.6 Å². The zero-order chi connectivity index (χ0) is 13.1. The first-order chi connectivity index (χ1) is 9.33. The number of H-pyrrole nitrogens is 1. The summed E-state index contributed by atoms with van der Waals surface area (Å²) < 4.78 is 0. The standard InChI is InChI=1S/C16H21ClN2/c17-14-6-7-15-13(11-19-16(15)8-14)10-18-9-12-4-2-1-3-5-12/h6-8,11-12,18-19H,1-5,9-10H2. The molecule has 1 aromatic carbocycles. The van der Waals surface area contributed by atoms with E-state index in [4.69, 9.17) is 11.6 Å². The zero-order valence-electron chi connectivity index (χ0n) is 11.2. The van der Waals surface area contributed by atoms with E-state index in [2.05, 4.69) is 22.6 Å². The van der Waals surface area contributed by atoms with Gasteiger partial charge >= 0.3 is 0 Å². The maximum absolute atomic E-state index is 6.00. The Kier molecular flexibility index (Phi) is 4.09. The first-order valence-electron chi connectivity index (χ1n) is 7.29. The lowest BCUT2D eigenvalue weighted by molar-refractivity contribution is 0.342. The number of aromatic amines is 1. The molecule has 0 atom stereocenters. The maximum atomic E-state index is 6.00. The second-order valence-electron chi connectivity index (χ2n) is 5.64. The van der Waals surface area contributed by atoms with Crippen molar-refractivity contribution in [2.24, 2.45) is 5.92 Å². The van der Waals surface area contributed by atoms with Crippen molar-refractivity contribution >= 4 is 22.5 Å². The van der Waals surface area contributed by atoms with Crippen molar-refractivity contribution < 1.29 is 0 Å². The highest BCUT2D eigenvalue weighted by molar-refractivity contribution is 6.31. The molecule has 0 saturated heterocycles. The zero-order valence-corrected chi connectivity index (χ0v) is 12.0. The minimum atomic E-state index is 0.788. The van der Waals surface area contributed by atoms with E-state index in [-0.39, 0.29) is 0 Å². The summed E-state index contributed by atoms with van der Waals surface area (Å²) in [6.07, 6.45) is 9.15. The summed E-state index contributed by atoms with van der Waals surface area (Å²) in [6.45, 7) is 2.10. The van der Waals surface area contributed by atoms with Crippen LogP contribution in [0.3, 0.4) is 0 Å². The summed E-state index contributed by atoms with van der Waals surface area (Å²) in [7, 11) is 0.